The summed E-state index contributed by atoms with van der Waals surface area (Å²) in [5, 5.41) is 9.43. The summed E-state index contributed by atoms with van der Waals surface area (Å²) >= 11 is 0. The largest absolute Gasteiger partial charge is 0.352 e. The Kier molecular flexibility index (Phi) is 8.32. The van der Waals surface area contributed by atoms with Gasteiger partial charge in [0.2, 0.25) is 11.8 Å². The highest BCUT2D eigenvalue weighted by molar-refractivity contribution is 5.94. The lowest BCUT2D eigenvalue weighted by Gasteiger charge is -2.32. The second kappa shape index (κ2) is 11.7. The number of imidazole rings is 1. The maximum absolute atomic E-state index is 14.4. The molecule has 1 aromatic heterocycles. The Morgan fingerprint density at radius 1 is 1.18 bits per heavy atom. The predicted molar refractivity (Wildman–Crippen MR) is 145 cm³/mol. The van der Waals surface area contributed by atoms with Gasteiger partial charge in [-0.1, -0.05) is 13.3 Å². The molecule has 8 nitrogen and oxygen atoms in total. The van der Waals surface area contributed by atoms with Crippen molar-refractivity contribution >= 4 is 17.6 Å². The van der Waals surface area contributed by atoms with Gasteiger partial charge in [-0.15, -0.1) is 0 Å². The monoisotopic (exact) mass is 542 g/mol. The molecule has 0 spiro atoms. The van der Waals surface area contributed by atoms with Crippen LogP contribution >= 0.6 is 0 Å². The number of hydrogen-bond acceptors (Lipinski definition) is 5. The molecule has 2 unspecified atom stereocenters. The molecule has 5 rings (SSSR count). The molecule has 0 radical (unpaired) electrons. The van der Waals surface area contributed by atoms with E-state index >= 15 is 0 Å². The maximum atomic E-state index is 14.4. The predicted octanol–water partition coefficient (Wildman–Crippen LogP) is 3.72. The van der Waals surface area contributed by atoms with Crippen molar-refractivity contribution in [3.05, 3.63) is 47.4 Å². The van der Waals surface area contributed by atoms with Crippen molar-refractivity contribution in [3.8, 4) is 0 Å². The molecule has 3 atom stereocenters. The summed E-state index contributed by atoms with van der Waals surface area (Å²) in [6, 6.07) is 1.31. The maximum Gasteiger partial charge on any atom is 0.242 e. The van der Waals surface area contributed by atoms with Crippen molar-refractivity contribution in [1.29, 1.82) is 0 Å². The van der Waals surface area contributed by atoms with Crippen LogP contribution in [-0.2, 0) is 22.4 Å². The zero-order valence-electron chi connectivity index (χ0n) is 22.9. The van der Waals surface area contributed by atoms with Crippen LogP contribution in [-0.4, -0.2) is 63.5 Å². The number of fused-ring (bicyclic) bond motifs is 2. The summed E-state index contributed by atoms with van der Waals surface area (Å²) in [5.74, 6) is -0.976. The third-order valence-electron chi connectivity index (χ3n) is 8.88. The number of nitrogens with zero attached hydrogens (tertiary/aromatic N) is 3. The molecule has 2 aliphatic heterocycles. The van der Waals surface area contributed by atoms with Crippen LogP contribution in [0.15, 0.2) is 24.7 Å². The molecule has 0 bridgehead atoms. The molecular formula is C29H40F2N6O2. The van der Waals surface area contributed by atoms with Crippen LogP contribution in [0.2, 0.25) is 0 Å². The van der Waals surface area contributed by atoms with E-state index in [1.54, 1.807) is 17.1 Å². The zero-order chi connectivity index (χ0) is 27.6. The summed E-state index contributed by atoms with van der Waals surface area (Å²) in [4.78, 5) is 32.9. The molecule has 0 saturated carbocycles. The smallest absolute Gasteiger partial charge is 0.242 e. The molecule has 212 valence electrons. The van der Waals surface area contributed by atoms with E-state index in [0.29, 0.717) is 49.2 Å². The van der Waals surface area contributed by atoms with Gasteiger partial charge in [0.1, 0.15) is 17.7 Å². The highest BCUT2D eigenvalue weighted by atomic mass is 19.1. The van der Waals surface area contributed by atoms with E-state index in [4.69, 9.17) is 0 Å². The van der Waals surface area contributed by atoms with E-state index < -0.39 is 23.7 Å². The molecule has 3 heterocycles. The van der Waals surface area contributed by atoms with Gasteiger partial charge >= 0.3 is 0 Å². The zero-order valence-corrected chi connectivity index (χ0v) is 22.9. The summed E-state index contributed by atoms with van der Waals surface area (Å²) in [6.07, 6.45) is 11.0. The van der Waals surface area contributed by atoms with Gasteiger partial charge in [-0.2, -0.15) is 0 Å². The van der Waals surface area contributed by atoms with Gasteiger partial charge in [-0.25, -0.2) is 13.8 Å². The lowest BCUT2D eigenvalue weighted by molar-refractivity contribution is -0.124. The number of hydrogen-bond donors (Lipinski definition) is 3. The molecule has 2 amide bonds. The minimum absolute atomic E-state index is 0.0615. The number of anilines is 1. The molecule has 2 fully saturated rings. The number of benzene rings is 1. The van der Waals surface area contributed by atoms with E-state index in [1.165, 1.54) is 18.9 Å². The van der Waals surface area contributed by atoms with E-state index in [0.717, 1.165) is 38.4 Å². The lowest BCUT2D eigenvalue weighted by Crippen LogP contribution is -2.49. The summed E-state index contributed by atoms with van der Waals surface area (Å²) in [6.45, 7) is 6.74. The average molecular weight is 543 g/mol. The van der Waals surface area contributed by atoms with Crippen molar-refractivity contribution in [3.63, 3.8) is 0 Å². The Hall–Kier alpha value is -2.85. The topological polar surface area (TPSA) is 91.3 Å². The van der Waals surface area contributed by atoms with Crippen molar-refractivity contribution in [1.82, 2.24) is 25.1 Å². The second-order valence-corrected chi connectivity index (χ2v) is 11.5. The van der Waals surface area contributed by atoms with Gasteiger partial charge in [0.25, 0.3) is 0 Å². The van der Waals surface area contributed by atoms with E-state index in [9.17, 15) is 18.4 Å². The van der Waals surface area contributed by atoms with E-state index in [2.05, 4.69) is 25.8 Å². The minimum Gasteiger partial charge on any atom is -0.352 e. The Balaban J connectivity index is 1.16. The molecule has 10 heteroatoms. The fraction of sp³-hybridized carbons (Fsp3) is 0.621. The number of amides is 2. The molecule has 3 N–H and O–H groups in total. The average Bonchev–Trinajstić information content (AvgIpc) is 3.63. The first kappa shape index (κ1) is 27.7. The minimum atomic E-state index is -0.555. The van der Waals surface area contributed by atoms with Crippen LogP contribution in [0, 0.1) is 11.6 Å². The van der Waals surface area contributed by atoms with Crippen LogP contribution in [0.3, 0.4) is 0 Å². The Morgan fingerprint density at radius 2 is 1.95 bits per heavy atom. The first-order valence-electron chi connectivity index (χ1n) is 14.4. The van der Waals surface area contributed by atoms with Gasteiger partial charge < -0.3 is 20.5 Å². The lowest BCUT2D eigenvalue weighted by atomic mass is 9.87. The fourth-order valence-electron chi connectivity index (χ4n) is 6.67. The third-order valence-corrected chi connectivity index (χ3v) is 8.88. The number of rotatable bonds is 10. The molecule has 2 saturated heterocycles. The van der Waals surface area contributed by atoms with Gasteiger partial charge in [0.05, 0.1) is 12.4 Å². The van der Waals surface area contributed by atoms with Crippen molar-refractivity contribution < 1.29 is 18.4 Å². The van der Waals surface area contributed by atoms with Crippen LogP contribution in [0.1, 0.15) is 76.0 Å². The third kappa shape index (κ3) is 6.01. The number of carbonyl (C=O) groups is 2. The summed E-state index contributed by atoms with van der Waals surface area (Å²) in [5.41, 5.74) is 1.34. The van der Waals surface area contributed by atoms with Gasteiger partial charge in [0, 0.05) is 30.4 Å². The van der Waals surface area contributed by atoms with E-state index in [-0.39, 0.29) is 23.4 Å². The molecule has 2 aromatic rings. The number of nitrogens with one attached hydrogen (secondary N) is 3. The van der Waals surface area contributed by atoms with Crippen LogP contribution in [0.25, 0.3) is 0 Å². The van der Waals surface area contributed by atoms with Gasteiger partial charge in [0.15, 0.2) is 5.82 Å². The van der Waals surface area contributed by atoms with Gasteiger partial charge in [-0.05, 0) is 88.6 Å². The van der Waals surface area contributed by atoms with Crippen molar-refractivity contribution in [2.45, 2.75) is 95.3 Å². The van der Waals surface area contributed by atoms with Crippen LogP contribution in [0.5, 0.6) is 0 Å². The molecule has 1 aromatic carbocycles. The Morgan fingerprint density at radius 3 is 2.69 bits per heavy atom. The number of aromatic nitrogens is 2. The second-order valence-electron chi connectivity index (χ2n) is 11.5. The highest BCUT2D eigenvalue weighted by Gasteiger charge is 2.44. The quantitative estimate of drug-likeness (QED) is 0.426. The Labute approximate surface area is 228 Å². The van der Waals surface area contributed by atoms with Crippen molar-refractivity contribution in [2.24, 2.45) is 0 Å². The molecule has 1 aliphatic carbocycles. The molecule has 39 heavy (non-hydrogen) atoms. The SMILES string of the molecule is CCCC(N[C@H]1CCc2cc(F)cc(F)c2C1)C(=O)Nc1cn(C(C)C(=O)NCC23CCCN2CCC3)cn1. The number of carbonyl (C=O) groups excluding carboxylic acids is 2. The number of halogens is 2. The normalized spacial score (nSPS) is 21.7. The van der Waals surface area contributed by atoms with Gasteiger partial charge in [-0.3, -0.25) is 14.5 Å². The highest BCUT2D eigenvalue weighted by Crippen LogP contribution is 2.38. The molecule has 3 aliphatic rings. The van der Waals surface area contributed by atoms with Crippen molar-refractivity contribution in [2.75, 3.05) is 25.0 Å². The number of aryl methyl sites for hydroxylation is 1. The molecular weight excluding hydrogens is 502 g/mol. The van der Waals surface area contributed by atoms with Crippen LogP contribution < -0.4 is 16.0 Å². The standard InChI is InChI=1S/C29H40F2N6O2/c1-3-6-25(34-22-8-7-20-13-21(30)14-24(31)23(20)15-22)28(39)35-26-16-36(18-33-26)19(2)27(38)32-17-29-9-4-11-37(29)12-5-10-29/h13-14,16,18-19,22,25,34H,3-12,15,17H2,1-2H3,(H,32,38)(H,35,39)/t19?,22-,25?/m0/s1. The first-order chi connectivity index (χ1) is 18.8. The Bertz CT molecular complexity index is 1190. The van der Waals surface area contributed by atoms with E-state index in [1.807, 2.05) is 13.8 Å². The first-order valence-corrected chi connectivity index (χ1v) is 14.4. The fourth-order valence-corrected chi connectivity index (χ4v) is 6.67. The summed E-state index contributed by atoms with van der Waals surface area (Å²) in [7, 11) is 0. The van der Waals surface area contributed by atoms with Crippen LogP contribution in [0.4, 0.5) is 14.6 Å². The summed E-state index contributed by atoms with van der Waals surface area (Å²) < 4.78 is 29.7.